The molecule has 0 atom stereocenters. The standard InChI is InChI=1S/C12H17NO2S/c1-8-5-10(6-9(2)11(8)14)7-15-12(16)13(3)4/h5-6,14H,7H2,1-4H3. The van der Waals surface area contributed by atoms with Gasteiger partial charge in [-0.1, -0.05) is 0 Å². The number of aromatic hydroxyl groups is 1. The fourth-order valence-electron chi connectivity index (χ4n) is 1.40. The van der Waals surface area contributed by atoms with Crippen LogP contribution in [-0.4, -0.2) is 29.3 Å². The largest absolute Gasteiger partial charge is 0.507 e. The van der Waals surface area contributed by atoms with Crippen LogP contribution in [0.25, 0.3) is 0 Å². The minimum Gasteiger partial charge on any atom is -0.507 e. The Morgan fingerprint density at radius 2 is 1.81 bits per heavy atom. The van der Waals surface area contributed by atoms with Crippen LogP contribution in [0.5, 0.6) is 5.75 Å². The van der Waals surface area contributed by atoms with Gasteiger partial charge in [0.05, 0.1) is 0 Å². The quantitative estimate of drug-likeness (QED) is 0.803. The molecule has 0 spiro atoms. The molecule has 16 heavy (non-hydrogen) atoms. The lowest BCUT2D eigenvalue weighted by Crippen LogP contribution is -2.22. The van der Waals surface area contributed by atoms with E-state index in [0.717, 1.165) is 16.7 Å². The van der Waals surface area contributed by atoms with Gasteiger partial charge in [0.15, 0.2) is 0 Å². The van der Waals surface area contributed by atoms with Gasteiger partial charge in [0.25, 0.3) is 5.17 Å². The predicted octanol–water partition coefficient (Wildman–Crippen LogP) is 2.37. The molecule has 0 unspecified atom stereocenters. The molecule has 0 bridgehead atoms. The number of nitrogens with zero attached hydrogens (tertiary/aromatic N) is 1. The van der Waals surface area contributed by atoms with Crippen molar-refractivity contribution >= 4 is 17.4 Å². The van der Waals surface area contributed by atoms with Crippen molar-refractivity contribution < 1.29 is 9.84 Å². The van der Waals surface area contributed by atoms with E-state index in [2.05, 4.69) is 0 Å². The van der Waals surface area contributed by atoms with E-state index in [1.54, 1.807) is 4.90 Å². The highest BCUT2D eigenvalue weighted by Gasteiger charge is 2.05. The van der Waals surface area contributed by atoms with E-state index in [1.807, 2.05) is 40.1 Å². The first-order valence-corrected chi connectivity index (χ1v) is 5.46. The third-order valence-electron chi connectivity index (χ3n) is 2.28. The van der Waals surface area contributed by atoms with Gasteiger partial charge in [-0.25, -0.2) is 0 Å². The Bertz CT molecular complexity index is 379. The normalized spacial score (nSPS) is 10.0. The molecule has 0 saturated heterocycles. The molecular formula is C12H17NO2S. The number of aryl methyl sites for hydroxylation is 2. The Labute approximate surface area is 102 Å². The molecule has 0 aliphatic heterocycles. The lowest BCUT2D eigenvalue weighted by atomic mass is 10.1. The fraction of sp³-hybridized carbons (Fsp3) is 0.417. The number of phenolic OH excluding ortho intramolecular Hbond substituents is 1. The highest BCUT2D eigenvalue weighted by Crippen LogP contribution is 2.23. The summed E-state index contributed by atoms with van der Waals surface area (Å²) in [4.78, 5) is 1.75. The van der Waals surface area contributed by atoms with Crippen LogP contribution in [0.1, 0.15) is 16.7 Å². The van der Waals surface area contributed by atoms with Gasteiger partial charge < -0.3 is 14.7 Å². The molecule has 0 amide bonds. The van der Waals surface area contributed by atoms with Gasteiger partial charge in [-0.2, -0.15) is 0 Å². The highest BCUT2D eigenvalue weighted by atomic mass is 32.1. The minimum atomic E-state index is 0.346. The van der Waals surface area contributed by atoms with Crippen LogP contribution < -0.4 is 0 Å². The maximum absolute atomic E-state index is 9.62. The Hall–Kier alpha value is -1.29. The number of hydrogen-bond acceptors (Lipinski definition) is 3. The molecule has 0 fully saturated rings. The maximum atomic E-state index is 9.62. The van der Waals surface area contributed by atoms with Gasteiger partial charge >= 0.3 is 0 Å². The van der Waals surface area contributed by atoms with E-state index in [-0.39, 0.29) is 0 Å². The van der Waals surface area contributed by atoms with Crippen molar-refractivity contribution in [3.63, 3.8) is 0 Å². The second kappa shape index (κ2) is 5.16. The summed E-state index contributed by atoms with van der Waals surface area (Å²) >= 11 is 5.02. The molecule has 0 aliphatic carbocycles. The third-order valence-corrected chi connectivity index (χ3v) is 2.76. The number of hydrogen-bond donors (Lipinski definition) is 1. The maximum Gasteiger partial charge on any atom is 0.259 e. The van der Waals surface area contributed by atoms with E-state index < -0.39 is 0 Å². The lowest BCUT2D eigenvalue weighted by molar-refractivity contribution is 0.257. The molecule has 0 aliphatic rings. The number of phenols is 1. The highest BCUT2D eigenvalue weighted by molar-refractivity contribution is 7.79. The summed E-state index contributed by atoms with van der Waals surface area (Å²) in [5.41, 5.74) is 2.72. The van der Waals surface area contributed by atoms with E-state index in [0.29, 0.717) is 17.5 Å². The van der Waals surface area contributed by atoms with Crippen molar-refractivity contribution in [2.24, 2.45) is 0 Å². The summed E-state index contributed by atoms with van der Waals surface area (Å²) in [6.45, 7) is 4.17. The van der Waals surface area contributed by atoms with Crippen molar-refractivity contribution in [1.29, 1.82) is 0 Å². The third kappa shape index (κ3) is 3.10. The van der Waals surface area contributed by atoms with E-state index in [4.69, 9.17) is 17.0 Å². The van der Waals surface area contributed by atoms with Gasteiger partial charge in [-0.15, -0.1) is 0 Å². The van der Waals surface area contributed by atoms with Crippen LogP contribution in [0.3, 0.4) is 0 Å². The van der Waals surface area contributed by atoms with Gasteiger partial charge in [-0.05, 0) is 54.9 Å². The first-order valence-electron chi connectivity index (χ1n) is 5.05. The average Bonchev–Trinajstić information content (AvgIpc) is 2.22. The summed E-state index contributed by atoms with van der Waals surface area (Å²) in [5, 5.41) is 10.1. The van der Waals surface area contributed by atoms with Crippen LogP contribution in [0.2, 0.25) is 0 Å². The molecule has 0 aromatic heterocycles. The van der Waals surface area contributed by atoms with Crippen LogP contribution in [0, 0.1) is 13.8 Å². The average molecular weight is 239 g/mol. The SMILES string of the molecule is Cc1cc(COC(=S)N(C)C)cc(C)c1O. The van der Waals surface area contributed by atoms with Crippen molar-refractivity contribution in [2.45, 2.75) is 20.5 Å². The molecule has 1 N–H and O–H groups in total. The van der Waals surface area contributed by atoms with Crippen LogP contribution >= 0.6 is 12.2 Å². The zero-order chi connectivity index (χ0) is 12.3. The number of ether oxygens (including phenoxy) is 1. The molecule has 0 radical (unpaired) electrons. The predicted molar refractivity (Wildman–Crippen MR) is 68.7 cm³/mol. The van der Waals surface area contributed by atoms with Crippen LogP contribution in [0.4, 0.5) is 0 Å². The molecule has 1 aromatic rings. The second-order valence-corrected chi connectivity index (χ2v) is 4.38. The molecule has 0 saturated carbocycles. The van der Waals surface area contributed by atoms with Crippen molar-refractivity contribution in [3.05, 3.63) is 28.8 Å². The zero-order valence-corrected chi connectivity index (χ0v) is 10.9. The Balaban J connectivity index is 2.72. The summed E-state index contributed by atoms with van der Waals surface area (Å²) in [6, 6.07) is 3.81. The van der Waals surface area contributed by atoms with Crippen LogP contribution in [0.15, 0.2) is 12.1 Å². The van der Waals surface area contributed by atoms with E-state index in [9.17, 15) is 5.11 Å². The summed E-state index contributed by atoms with van der Waals surface area (Å²) in [5.74, 6) is 0.346. The number of benzene rings is 1. The number of thiocarbonyl (C=S) groups is 1. The van der Waals surface area contributed by atoms with Gasteiger partial charge in [-0.3, -0.25) is 0 Å². The Morgan fingerprint density at radius 1 is 1.31 bits per heavy atom. The van der Waals surface area contributed by atoms with Crippen molar-refractivity contribution in [2.75, 3.05) is 14.1 Å². The topological polar surface area (TPSA) is 32.7 Å². The second-order valence-electron chi connectivity index (χ2n) is 4.03. The first-order chi connectivity index (χ1) is 7.41. The molecule has 1 aromatic carbocycles. The zero-order valence-electron chi connectivity index (χ0n) is 10.1. The summed E-state index contributed by atoms with van der Waals surface area (Å²) in [6.07, 6.45) is 0. The molecule has 3 nitrogen and oxygen atoms in total. The lowest BCUT2D eigenvalue weighted by Gasteiger charge is -2.15. The molecule has 0 heterocycles. The minimum absolute atomic E-state index is 0.346. The summed E-state index contributed by atoms with van der Waals surface area (Å²) in [7, 11) is 3.69. The Morgan fingerprint density at radius 3 is 2.25 bits per heavy atom. The van der Waals surface area contributed by atoms with Crippen molar-refractivity contribution in [1.82, 2.24) is 4.90 Å². The van der Waals surface area contributed by atoms with Crippen LogP contribution in [-0.2, 0) is 11.3 Å². The Kier molecular flexibility index (Phi) is 4.12. The smallest absolute Gasteiger partial charge is 0.259 e. The fourth-order valence-corrected chi connectivity index (χ4v) is 1.46. The van der Waals surface area contributed by atoms with E-state index in [1.165, 1.54) is 0 Å². The van der Waals surface area contributed by atoms with E-state index >= 15 is 0 Å². The molecule has 4 heteroatoms. The summed E-state index contributed by atoms with van der Waals surface area (Å²) < 4.78 is 5.42. The molecular weight excluding hydrogens is 222 g/mol. The number of rotatable bonds is 2. The monoisotopic (exact) mass is 239 g/mol. The molecule has 1 rings (SSSR count). The first kappa shape index (κ1) is 12.8. The van der Waals surface area contributed by atoms with Crippen molar-refractivity contribution in [3.8, 4) is 5.75 Å². The van der Waals surface area contributed by atoms with Gasteiger partial charge in [0.1, 0.15) is 12.4 Å². The van der Waals surface area contributed by atoms with Gasteiger partial charge in [0.2, 0.25) is 0 Å². The van der Waals surface area contributed by atoms with Gasteiger partial charge in [0, 0.05) is 14.1 Å². The molecule has 88 valence electrons.